The molecule has 2 N–H and O–H groups in total. The van der Waals surface area contributed by atoms with Gasteiger partial charge >= 0.3 is 0 Å². The van der Waals surface area contributed by atoms with Crippen LogP contribution in [0, 0.1) is 0 Å². The summed E-state index contributed by atoms with van der Waals surface area (Å²) in [6.07, 6.45) is 2.51. The number of hydrogen-bond acceptors (Lipinski definition) is 3. The standard InChI is InChI=1S/C13H14N2O/c1-16-12-7-4-5-10(13(12)14)9-11-6-2-3-8-15-11/h2-8H,9,14H2,1H3. The maximum Gasteiger partial charge on any atom is 0.142 e. The zero-order valence-corrected chi connectivity index (χ0v) is 9.18. The maximum absolute atomic E-state index is 5.99. The molecule has 0 spiro atoms. The molecular formula is C13H14N2O. The van der Waals surface area contributed by atoms with Gasteiger partial charge in [0.25, 0.3) is 0 Å². The van der Waals surface area contributed by atoms with Crippen LogP contribution < -0.4 is 10.5 Å². The molecule has 0 aliphatic rings. The summed E-state index contributed by atoms with van der Waals surface area (Å²) in [6, 6.07) is 11.6. The summed E-state index contributed by atoms with van der Waals surface area (Å²) in [5.41, 5.74) is 8.72. The van der Waals surface area contributed by atoms with Gasteiger partial charge in [-0.1, -0.05) is 18.2 Å². The number of hydrogen-bond donors (Lipinski definition) is 1. The number of nitrogens with zero attached hydrogens (tertiary/aromatic N) is 1. The summed E-state index contributed by atoms with van der Waals surface area (Å²) in [4.78, 5) is 4.27. The monoisotopic (exact) mass is 214 g/mol. The molecule has 1 aromatic heterocycles. The highest BCUT2D eigenvalue weighted by atomic mass is 16.5. The number of pyridine rings is 1. The van der Waals surface area contributed by atoms with E-state index < -0.39 is 0 Å². The molecule has 2 rings (SSSR count). The molecule has 0 unspecified atom stereocenters. The van der Waals surface area contributed by atoms with Crippen LogP contribution in [0.2, 0.25) is 0 Å². The van der Waals surface area contributed by atoms with Gasteiger partial charge in [-0.25, -0.2) is 0 Å². The average Bonchev–Trinajstić information content (AvgIpc) is 2.33. The van der Waals surface area contributed by atoms with E-state index in [9.17, 15) is 0 Å². The summed E-state index contributed by atoms with van der Waals surface area (Å²) in [6.45, 7) is 0. The van der Waals surface area contributed by atoms with Crippen molar-refractivity contribution >= 4 is 5.69 Å². The van der Waals surface area contributed by atoms with Crippen molar-refractivity contribution in [2.24, 2.45) is 0 Å². The van der Waals surface area contributed by atoms with Crippen LogP contribution in [0.5, 0.6) is 5.75 Å². The first-order valence-electron chi connectivity index (χ1n) is 5.12. The molecule has 0 atom stereocenters. The molecule has 0 saturated carbocycles. The second-order valence-electron chi connectivity index (χ2n) is 3.53. The van der Waals surface area contributed by atoms with Crippen LogP contribution in [0.1, 0.15) is 11.3 Å². The van der Waals surface area contributed by atoms with Crippen LogP contribution in [0.25, 0.3) is 0 Å². The largest absolute Gasteiger partial charge is 0.495 e. The molecule has 0 saturated heterocycles. The molecule has 0 bridgehead atoms. The van der Waals surface area contributed by atoms with Crippen molar-refractivity contribution in [3.63, 3.8) is 0 Å². The Bertz CT molecular complexity index is 469. The summed E-state index contributed by atoms with van der Waals surface area (Å²) in [5, 5.41) is 0. The molecule has 0 aliphatic heterocycles. The highest BCUT2D eigenvalue weighted by molar-refractivity contribution is 5.59. The van der Waals surface area contributed by atoms with Gasteiger partial charge < -0.3 is 10.5 Å². The number of anilines is 1. The molecule has 0 aliphatic carbocycles. The molecule has 2 aromatic rings. The van der Waals surface area contributed by atoms with Crippen LogP contribution in [0.3, 0.4) is 0 Å². The van der Waals surface area contributed by atoms with Crippen molar-refractivity contribution in [3.8, 4) is 5.75 Å². The normalized spacial score (nSPS) is 10.1. The highest BCUT2D eigenvalue weighted by Gasteiger charge is 2.05. The van der Waals surface area contributed by atoms with Gasteiger partial charge in [-0.2, -0.15) is 0 Å². The van der Waals surface area contributed by atoms with Crippen molar-refractivity contribution in [1.82, 2.24) is 4.98 Å². The topological polar surface area (TPSA) is 48.1 Å². The lowest BCUT2D eigenvalue weighted by Crippen LogP contribution is -1.99. The number of para-hydroxylation sites is 1. The Balaban J connectivity index is 2.28. The van der Waals surface area contributed by atoms with Gasteiger partial charge in [-0.3, -0.25) is 4.98 Å². The lowest BCUT2D eigenvalue weighted by atomic mass is 10.1. The average molecular weight is 214 g/mol. The Morgan fingerprint density at radius 2 is 2.06 bits per heavy atom. The van der Waals surface area contributed by atoms with E-state index in [0.29, 0.717) is 11.4 Å². The number of ether oxygens (including phenoxy) is 1. The molecule has 0 radical (unpaired) electrons. The van der Waals surface area contributed by atoms with Gasteiger partial charge in [-0.15, -0.1) is 0 Å². The highest BCUT2D eigenvalue weighted by Crippen LogP contribution is 2.26. The number of methoxy groups -OCH3 is 1. The van der Waals surface area contributed by atoms with Crippen molar-refractivity contribution in [2.45, 2.75) is 6.42 Å². The first kappa shape index (κ1) is 10.5. The summed E-state index contributed by atoms with van der Waals surface area (Å²) in [5.74, 6) is 0.716. The maximum atomic E-state index is 5.99. The first-order chi connectivity index (χ1) is 7.81. The minimum Gasteiger partial charge on any atom is -0.495 e. The van der Waals surface area contributed by atoms with Gasteiger partial charge in [0.05, 0.1) is 12.8 Å². The quantitative estimate of drug-likeness (QED) is 0.797. The van der Waals surface area contributed by atoms with Gasteiger partial charge in [0.2, 0.25) is 0 Å². The Kier molecular flexibility index (Phi) is 3.05. The van der Waals surface area contributed by atoms with Crippen LogP contribution in [-0.2, 0) is 6.42 Å². The predicted molar refractivity (Wildman–Crippen MR) is 64.4 cm³/mol. The van der Waals surface area contributed by atoms with Gasteiger partial charge in [0.15, 0.2) is 0 Å². The molecule has 16 heavy (non-hydrogen) atoms. The SMILES string of the molecule is COc1cccc(Cc2ccccn2)c1N. The van der Waals surface area contributed by atoms with Crippen LogP contribution in [0.4, 0.5) is 5.69 Å². The molecule has 1 aromatic carbocycles. The van der Waals surface area contributed by atoms with E-state index in [-0.39, 0.29) is 0 Å². The minimum atomic E-state index is 0.690. The van der Waals surface area contributed by atoms with E-state index in [1.807, 2.05) is 36.4 Å². The van der Waals surface area contributed by atoms with Crippen molar-refractivity contribution in [3.05, 3.63) is 53.9 Å². The van der Waals surface area contributed by atoms with Crippen LogP contribution in [-0.4, -0.2) is 12.1 Å². The third-order valence-corrected chi connectivity index (χ3v) is 2.47. The minimum absolute atomic E-state index is 0.690. The van der Waals surface area contributed by atoms with Crippen molar-refractivity contribution in [1.29, 1.82) is 0 Å². The number of benzene rings is 1. The van der Waals surface area contributed by atoms with E-state index in [4.69, 9.17) is 10.5 Å². The van der Waals surface area contributed by atoms with Crippen molar-refractivity contribution in [2.75, 3.05) is 12.8 Å². The van der Waals surface area contributed by atoms with E-state index in [1.165, 1.54) is 0 Å². The number of aromatic nitrogens is 1. The lowest BCUT2D eigenvalue weighted by Gasteiger charge is -2.09. The second-order valence-corrected chi connectivity index (χ2v) is 3.53. The summed E-state index contributed by atoms with van der Waals surface area (Å²) in [7, 11) is 1.62. The predicted octanol–water partition coefficient (Wildman–Crippen LogP) is 2.26. The molecule has 3 nitrogen and oxygen atoms in total. The van der Waals surface area contributed by atoms with Crippen LogP contribution >= 0.6 is 0 Å². The first-order valence-corrected chi connectivity index (χ1v) is 5.12. The van der Waals surface area contributed by atoms with Gasteiger partial charge in [0, 0.05) is 18.3 Å². The smallest absolute Gasteiger partial charge is 0.142 e. The van der Waals surface area contributed by atoms with E-state index in [1.54, 1.807) is 13.3 Å². The fourth-order valence-corrected chi connectivity index (χ4v) is 1.62. The number of rotatable bonds is 3. The zero-order valence-electron chi connectivity index (χ0n) is 9.18. The number of nitrogen functional groups attached to an aromatic ring is 1. The van der Waals surface area contributed by atoms with Crippen molar-refractivity contribution < 1.29 is 4.74 Å². The summed E-state index contributed by atoms with van der Waals surface area (Å²) < 4.78 is 5.18. The Morgan fingerprint density at radius 1 is 1.19 bits per heavy atom. The van der Waals surface area contributed by atoms with Crippen LogP contribution in [0.15, 0.2) is 42.6 Å². The van der Waals surface area contributed by atoms with E-state index in [0.717, 1.165) is 17.7 Å². The molecule has 1 heterocycles. The Hall–Kier alpha value is -2.03. The van der Waals surface area contributed by atoms with Gasteiger partial charge in [-0.05, 0) is 23.8 Å². The third-order valence-electron chi connectivity index (χ3n) is 2.47. The lowest BCUT2D eigenvalue weighted by molar-refractivity contribution is 0.416. The van der Waals surface area contributed by atoms with E-state index in [2.05, 4.69) is 4.98 Å². The molecule has 3 heteroatoms. The fraction of sp³-hybridized carbons (Fsp3) is 0.154. The molecule has 0 fully saturated rings. The Morgan fingerprint density at radius 3 is 2.75 bits per heavy atom. The molecule has 0 amide bonds. The third kappa shape index (κ3) is 2.14. The van der Waals surface area contributed by atoms with Gasteiger partial charge in [0.1, 0.15) is 5.75 Å². The zero-order chi connectivity index (χ0) is 11.4. The molecular weight excluding hydrogens is 200 g/mol. The fourth-order valence-electron chi connectivity index (χ4n) is 1.62. The van der Waals surface area contributed by atoms with E-state index >= 15 is 0 Å². The molecule has 82 valence electrons. The second kappa shape index (κ2) is 4.66. The Labute approximate surface area is 94.9 Å². The number of nitrogens with two attached hydrogens (primary N) is 1. The summed E-state index contributed by atoms with van der Waals surface area (Å²) >= 11 is 0.